The average molecular weight is 203 g/mol. The van der Waals surface area contributed by atoms with Gasteiger partial charge in [-0.2, -0.15) is 0 Å². The molecule has 3 atom stereocenters. The Morgan fingerprint density at radius 3 is 2.53 bits per heavy atom. The fourth-order valence-electron chi connectivity index (χ4n) is 2.71. The van der Waals surface area contributed by atoms with E-state index in [9.17, 15) is 0 Å². The summed E-state index contributed by atoms with van der Waals surface area (Å²) >= 11 is 0. The van der Waals surface area contributed by atoms with Crippen LogP contribution in [0.2, 0.25) is 0 Å². The average Bonchev–Trinajstić information content (AvgIpc) is 2.19. The normalized spacial score (nSPS) is 30.0. The summed E-state index contributed by atoms with van der Waals surface area (Å²) in [6.07, 6.45) is 2.37. The van der Waals surface area contributed by atoms with Crippen LogP contribution < -0.4 is 5.73 Å². The van der Waals surface area contributed by atoms with Gasteiger partial charge in [0.25, 0.3) is 0 Å². The largest absolute Gasteiger partial charge is 0.327 e. The van der Waals surface area contributed by atoms with Crippen LogP contribution in [0.3, 0.4) is 0 Å². The maximum absolute atomic E-state index is 6.03. The zero-order valence-corrected chi connectivity index (χ0v) is 9.96. The number of aryl methyl sites for hydroxylation is 2. The van der Waals surface area contributed by atoms with Gasteiger partial charge < -0.3 is 5.73 Å². The van der Waals surface area contributed by atoms with Crippen molar-refractivity contribution in [2.75, 3.05) is 0 Å². The van der Waals surface area contributed by atoms with Crippen molar-refractivity contribution in [3.63, 3.8) is 0 Å². The lowest BCUT2D eigenvalue weighted by atomic mass is 9.65. The van der Waals surface area contributed by atoms with Gasteiger partial charge in [-0.05, 0) is 48.8 Å². The molecule has 3 unspecified atom stereocenters. The third kappa shape index (κ3) is 1.81. The molecule has 0 spiro atoms. The van der Waals surface area contributed by atoms with Gasteiger partial charge in [-0.15, -0.1) is 0 Å². The lowest BCUT2D eigenvalue weighted by Gasteiger charge is -2.43. The molecule has 0 aromatic heterocycles. The van der Waals surface area contributed by atoms with Crippen LogP contribution in [0.15, 0.2) is 18.2 Å². The van der Waals surface area contributed by atoms with Crippen molar-refractivity contribution in [1.29, 1.82) is 0 Å². The molecule has 0 heterocycles. The van der Waals surface area contributed by atoms with Crippen molar-refractivity contribution < 1.29 is 0 Å². The topological polar surface area (TPSA) is 26.0 Å². The van der Waals surface area contributed by atoms with Gasteiger partial charge in [-0.1, -0.05) is 31.5 Å². The first-order chi connectivity index (χ1) is 7.13. The Hall–Kier alpha value is -0.820. The third-order valence-corrected chi connectivity index (χ3v) is 4.02. The highest BCUT2D eigenvalue weighted by Crippen LogP contribution is 2.43. The molecule has 1 aliphatic rings. The summed E-state index contributed by atoms with van der Waals surface area (Å²) in [5.41, 5.74) is 10.3. The van der Waals surface area contributed by atoms with Crippen molar-refractivity contribution in [2.24, 2.45) is 11.7 Å². The van der Waals surface area contributed by atoms with Crippen LogP contribution in [0, 0.1) is 19.8 Å². The van der Waals surface area contributed by atoms with E-state index in [-0.39, 0.29) is 0 Å². The summed E-state index contributed by atoms with van der Waals surface area (Å²) in [5.74, 6) is 1.41. The Morgan fingerprint density at radius 2 is 2.00 bits per heavy atom. The SMILES string of the molecule is CCC1C(N)CC1c1ccc(C)c(C)c1. The van der Waals surface area contributed by atoms with Gasteiger partial charge in [-0.3, -0.25) is 0 Å². The van der Waals surface area contributed by atoms with E-state index in [1.807, 2.05) is 0 Å². The molecule has 1 saturated carbocycles. The Balaban J connectivity index is 2.20. The molecule has 1 fully saturated rings. The van der Waals surface area contributed by atoms with Crippen LogP contribution >= 0.6 is 0 Å². The predicted molar refractivity (Wildman–Crippen MR) is 65.0 cm³/mol. The maximum Gasteiger partial charge on any atom is 0.00788 e. The van der Waals surface area contributed by atoms with Crippen LogP contribution in [0.25, 0.3) is 0 Å². The van der Waals surface area contributed by atoms with Crippen molar-refractivity contribution in [3.8, 4) is 0 Å². The Morgan fingerprint density at radius 1 is 1.27 bits per heavy atom. The number of hydrogen-bond acceptors (Lipinski definition) is 1. The summed E-state index contributed by atoms with van der Waals surface area (Å²) in [5, 5.41) is 0. The molecule has 1 aromatic carbocycles. The second-order valence-electron chi connectivity index (χ2n) is 4.92. The minimum absolute atomic E-state index is 0.432. The summed E-state index contributed by atoms with van der Waals surface area (Å²) < 4.78 is 0. The number of rotatable bonds is 2. The zero-order chi connectivity index (χ0) is 11.0. The highest BCUT2D eigenvalue weighted by atomic mass is 14.7. The molecule has 0 aliphatic heterocycles. The van der Waals surface area contributed by atoms with Crippen LogP contribution in [-0.2, 0) is 0 Å². The molecule has 15 heavy (non-hydrogen) atoms. The van der Waals surface area contributed by atoms with Crippen LogP contribution in [0.4, 0.5) is 0 Å². The van der Waals surface area contributed by atoms with E-state index in [0.29, 0.717) is 17.9 Å². The molecular formula is C14H21N. The Bertz CT molecular complexity index is 356. The van der Waals surface area contributed by atoms with Gasteiger partial charge in [0.2, 0.25) is 0 Å². The molecule has 1 heteroatoms. The van der Waals surface area contributed by atoms with Crippen molar-refractivity contribution >= 4 is 0 Å². The summed E-state index contributed by atoms with van der Waals surface area (Å²) in [7, 11) is 0. The van der Waals surface area contributed by atoms with E-state index in [0.717, 1.165) is 0 Å². The molecule has 2 rings (SSSR count). The number of benzene rings is 1. The van der Waals surface area contributed by atoms with E-state index in [2.05, 4.69) is 39.0 Å². The highest BCUT2D eigenvalue weighted by molar-refractivity contribution is 5.34. The molecule has 1 aromatic rings. The maximum atomic E-state index is 6.03. The summed E-state index contributed by atoms with van der Waals surface area (Å²) in [6, 6.07) is 7.29. The predicted octanol–water partition coefficient (Wildman–Crippen LogP) is 3.14. The fraction of sp³-hybridized carbons (Fsp3) is 0.571. The summed E-state index contributed by atoms with van der Waals surface area (Å²) in [6.45, 7) is 6.61. The van der Waals surface area contributed by atoms with E-state index in [1.165, 1.54) is 29.5 Å². The molecule has 2 N–H and O–H groups in total. The molecule has 1 aliphatic carbocycles. The van der Waals surface area contributed by atoms with E-state index < -0.39 is 0 Å². The number of hydrogen-bond donors (Lipinski definition) is 1. The lowest BCUT2D eigenvalue weighted by molar-refractivity contribution is 0.198. The molecule has 1 nitrogen and oxygen atoms in total. The zero-order valence-electron chi connectivity index (χ0n) is 9.96. The third-order valence-electron chi connectivity index (χ3n) is 4.02. The van der Waals surface area contributed by atoms with Gasteiger partial charge in [-0.25, -0.2) is 0 Å². The van der Waals surface area contributed by atoms with Crippen molar-refractivity contribution in [3.05, 3.63) is 34.9 Å². The Labute approximate surface area is 92.7 Å². The fourth-order valence-corrected chi connectivity index (χ4v) is 2.71. The van der Waals surface area contributed by atoms with Gasteiger partial charge in [0.15, 0.2) is 0 Å². The van der Waals surface area contributed by atoms with Crippen LogP contribution in [0.1, 0.15) is 42.4 Å². The lowest BCUT2D eigenvalue weighted by Crippen LogP contribution is -2.45. The molecular weight excluding hydrogens is 182 g/mol. The number of nitrogens with two attached hydrogens (primary N) is 1. The first kappa shape index (κ1) is 10.7. The van der Waals surface area contributed by atoms with Gasteiger partial charge in [0.1, 0.15) is 0 Å². The summed E-state index contributed by atoms with van der Waals surface area (Å²) in [4.78, 5) is 0. The monoisotopic (exact) mass is 203 g/mol. The Kier molecular flexibility index (Phi) is 2.83. The van der Waals surface area contributed by atoms with Crippen LogP contribution in [0.5, 0.6) is 0 Å². The van der Waals surface area contributed by atoms with E-state index in [1.54, 1.807) is 0 Å². The first-order valence-electron chi connectivity index (χ1n) is 5.96. The minimum Gasteiger partial charge on any atom is -0.327 e. The first-order valence-corrected chi connectivity index (χ1v) is 5.96. The quantitative estimate of drug-likeness (QED) is 0.785. The van der Waals surface area contributed by atoms with Crippen molar-refractivity contribution in [1.82, 2.24) is 0 Å². The van der Waals surface area contributed by atoms with Gasteiger partial charge >= 0.3 is 0 Å². The van der Waals surface area contributed by atoms with Crippen molar-refractivity contribution in [2.45, 2.75) is 45.6 Å². The van der Waals surface area contributed by atoms with Gasteiger partial charge in [0, 0.05) is 6.04 Å². The molecule has 0 radical (unpaired) electrons. The second-order valence-corrected chi connectivity index (χ2v) is 4.92. The molecule has 0 saturated heterocycles. The molecule has 0 bridgehead atoms. The van der Waals surface area contributed by atoms with Gasteiger partial charge in [0.05, 0.1) is 0 Å². The highest BCUT2D eigenvalue weighted by Gasteiger charge is 2.37. The standard InChI is InChI=1S/C14H21N/c1-4-12-13(8-14(12)15)11-6-5-9(2)10(3)7-11/h5-7,12-14H,4,8,15H2,1-3H3. The van der Waals surface area contributed by atoms with E-state index >= 15 is 0 Å². The minimum atomic E-state index is 0.432. The van der Waals surface area contributed by atoms with E-state index in [4.69, 9.17) is 5.73 Å². The molecule has 82 valence electrons. The molecule has 0 amide bonds. The van der Waals surface area contributed by atoms with Crippen LogP contribution in [-0.4, -0.2) is 6.04 Å². The second kappa shape index (κ2) is 3.97. The smallest absolute Gasteiger partial charge is 0.00788 e.